The van der Waals surface area contributed by atoms with Gasteiger partial charge in [0.15, 0.2) is 17.5 Å². The van der Waals surface area contributed by atoms with Gasteiger partial charge < -0.3 is 8.98 Å². The summed E-state index contributed by atoms with van der Waals surface area (Å²) in [4.78, 5) is 15.1. The van der Waals surface area contributed by atoms with Gasteiger partial charge in [0, 0.05) is 70.0 Å². The number of aromatic nitrogens is 4. The quantitative estimate of drug-likeness (QED) is 0.176. The number of fused-ring (bicyclic) bond motifs is 9. The lowest BCUT2D eigenvalue weighted by atomic mass is 9.99. The summed E-state index contributed by atoms with van der Waals surface area (Å²) < 4.78 is 11.5. The molecule has 6 heteroatoms. The Morgan fingerprint density at radius 2 is 1.23 bits per heavy atom. The fourth-order valence-corrected chi connectivity index (χ4v) is 9.79. The van der Waals surface area contributed by atoms with E-state index in [0.717, 1.165) is 62.6 Å². The first-order valence-electron chi connectivity index (χ1n) is 19.3. The number of hydrogen-bond donors (Lipinski definition) is 0. The molecule has 0 spiro atoms. The van der Waals surface area contributed by atoms with Crippen LogP contribution in [0, 0.1) is 0 Å². The monoisotopic (exact) mass is 748 g/mol. The van der Waals surface area contributed by atoms with E-state index in [1.165, 1.54) is 48.0 Å². The van der Waals surface area contributed by atoms with E-state index in [0.29, 0.717) is 17.5 Å². The van der Waals surface area contributed by atoms with E-state index < -0.39 is 0 Å². The molecule has 0 bridgehead atoms. The van der Waals surface area contributed by atoms with Gasteiger partial charge in [-0.2, -0.15) is 0 Å². The molecule has 4 aromatic heterocycles. The van der Waals surface area contributed by atoms with E-state index in [1.807, 2.05) is 84.1 Å². The van der Waals surface area contributed by atoms with Gasteiger partial charge in [-0.05, 0) is 72.5 Å². The lowest BCUT2D eigenvalue weighted by Crippen LogP contribution is -2.02. The van der Waals surface area contributed by atoms with Crippen molar-refractivity contribution in [2.24, 2.45) is 0 Å². The summed E-state index contributed by atoms with van der Waals surface area (Å²) in [5.74, 6) is 1.87. The third-order valence-electron chi connectivity index (χ3n) is 11.3. The molecule has 7 aromatic carbocycles. The molecule has 11 aromatic rings. The van der Waals surface area contributed by atoms with E-state index in [9.17, 15) is 0 Å². The molecule has 4 heterocycles. The SMILES string of the molecule is C1=Cc2c(n(-c3ccc4c(c3)sc3ccc(-c5ccc6oc7cccc(-c8nc(-c9ccccc9)nc(-c9ccccc9)n8)c7c6c5)cc34)c3ccccc23)CC1. The van der Waals surface area contributed by atoms with E-state index in [2.05, 4.69) is 102 Å². The van der Waals surface area contributed by atoms with Crippen LogP contribution in [0.5, 0.6) is 0 Å². The third kappa shape index (κ3) is 5.18. The van der Waals surface area contributed by atoms with Gasteiger partial charge in [0.1, 0.15) is 11.2 Å². The predicted molar refractivity (Wildman–Crippen MR) is 236 cm³/mol. The fourth-order valence-electron chi connectivity index (χ4n) is 8.67. The van der Waals surface area contributed by atoms with Crippen LogP contribution in [0.1, 0.15) is 17.7 Å². The van der Waals surface area contributed by atoms with E-state index in [-0.39, 0.29) is 0 Å². The molecule has 0 radical (unpaired) electrons. The molecular formula is C51H32N4OS. The average Bonchev–Trinajstić information content (AvgIpc) is 3.95. The number of para-hydroxylation sites is 1. The van der Waals surface area contributed by atoms with Crippen molar-refractivity contribution in [2.75, 3.05) is 0 Å². The minimum atomic E-state index is 0.608. The van der Waals surface area contributed by atoms with Gasteiger partial charge >= 0.3 is 0 Å². The molecule has 0 atom stereocenters. The third-order valence-corrected chi connectivity index (χ3v) is 12.5. The summed E-state index contributed by atoms with van der Waals surface area (Å²) in [7, 11) is 0. The van der Waals surface area contributed by atoms with Crippen LogP contribution >= 0.6 is 11.3 Å². The minimum absolute atomic E-state index is 0.608. The van der Waals surface area contributed by atoms with Gasteiger partial charge in [-0.15, -0.1) is 11.3 Å². The molecule has 1 aliphatic rings. The van der Waals surface area contributed by atoms with E-state index in [1.54, 1.807) is 0 Å². The summed E-state index contributed by atoms with van der Waals surface area (Å²) in [6, 6.07) is 55.5. The highest BCUT2D eigenvalue weighted by molar-refractivity contribution is 7.25. The Bertz CT molecular complexity index is 3350. The fraction of sp³-hybridized carbons (Fsp3) is 0.0392. The molecule has 0 saturated heterocycles. The highest BCUT2D eigenvalue weighted by Crippen LogP contribution is 2.42. The zero-order chi connectivity index (χ0) is 37.5. The van der Waals surface area contributed by atoms with E-state index >= 15 is 0 Å². The molecule has 1 aliphatic carbocycles. The van der Waals surface area contributed by atoms with Crippen molar-refractivity contribution < 1.29 is 4.42 Å². The van der Waals surface area contributed by atoms with Gasteiger partial charge in [0.2, 0.25) is 0 Å². The normalized spacial score (nSPS) is 12.7. The molecule has 0 aliphatic heterocycles. The van der Waals surface area contributed by atoms with Crippen LogP contribution in [0.25, 0.3) is 110 Å². The molecule has 0 unspecified atom stereocenters. The smallest absolute Gasteiger partial charge is 0.164 e. The van der Waals surface area contributed by atoms with Crippen molar-refractivity contribution in [3.63, 3.8) is 0 Å². The van der Waals surface area contributed by atoms with Crippen LogP contribution in [0.4, 0.5) is 0 Å². The number of allylic oxidation sites excluding steroid dienone is 1. The zero-order valence-electron chi connectivity index (χ0n) is 30.7. The molecule has 268 valence electrons. The van der Waals surface area contributed by atoms with Crippen molar-refractivity contribution in [1.82, 2.24) is 19.5 Å². The molecule has 0 amide bonds. The lowest BCUT2D eigenvalue weighted by molar-refractivity contribution is 0.669. The summed E-state index contributed by atoms with van der Waals surface area (Å²) in [6.07, 6.45) is 6.72. The number of nitrogens with zero attached hydrogens (tertiary/aromatic N) is 4. The largest absolute Gasteiger partial charge is 0.456 e. The minimum Gasteiger partial charge on any atom is -0.456 e. The standard InChI is InChI=1S/C51H32N4OS/c1-3-12-31(13-4-1)49-52-50(32-14-5-2-6-15-32)54-51(53-49)39-18-11-21-45-48(39)41-29-33(22-26-44(41)56-45)34-23-27-46-40(28-34)38-25-24-35(30-47(38)57-46)55-42-19-9-7-16-36(42)37-17-8-10-20-43(37)55/h1-9,11-19,21-30H,10,20H2. The Kier molecular flexibility index (Phi) is 7.16. The van der Waals surface area contributed by atoms with Crippen LogP contribution in [-0.2, 0) is 6.42 Å². The van der Waals surface area contributed by atoms with Crippen molar-refractivity contribution in [3.05, 3.63) is 175 Å². The molecule has 0 fully saturated rings. The Morgan fingerprint density at radius 3 is 2.04 bits per heavy atom. The number of thiophene rings is 1. The summed E-state index contributed by atoms with van der Waals surface area (Å²) in [5.41, 5.74) is 11.9. The van der Waals surface area contributed by atoms with Crippen LogP contribution in [0.2, 0.25) is 0 Å². The van der Waals surface area contributed by atoms with Crippen LogP contribution in [0.3, 0.4) is 0 Å². The van der Waals surface area contributed by atoms with Gasteiger partial charge in [-0.25, -0.2) is 15.0 Å². The predicted octanol–water partition coefficient (Wildman–Crippen LogP) is 13.7. The van der Waals surface area contributed by atoms with Crippen LogP contribution < -0.4 is 0 Å². The van der Waals surface area contributed by atoms with Crippen molar-refractivity contribution in [1.29, 1.82) is 0 Å². The topological polar surface area (TPSA) is 56.7 Å². The Hall–Kier alpha value is -7.15. The average molecular weight is 749 g/mol. The van der Waals surface area contributed by atoms with Crippen molar-refractivity contribution in [3.8, 4) is 51.0 Å². The maximum Gasteiger partial charge on any atom is 0.164 e. The number of hydrogen-bond acceptors (Lipinski definition) is 5. The Morgan fingerprint density at radius 1 is 0.509 bits per heavy atom. The highest BCUT2D eigenvalue weighted by Gasteiger charge is 2.21. The number of rotatable bonds is 5. The van der Waals surface area contributed by atoms with E-state index in [4.69, 9.17) is 19.4 Å². The second-order valence-corrected chi connectivity index (χ2v) is 15.8. The second-order valence-electron chi connectivity index (χ2n) is 14.7. The van der Waals surface area contributed by atoms with Crippen molar-refractivity contribution in [2.45, 2.75) is 12.8 Å². The first kappa shape index (κ1) is 32.1. The maximum atomic E-state index is 6.48. The van der Waals surface area contributed by atoms with Crippen LogP contribution in [-0.4, -0.2) is 19.5 Å². The Labute approximate surface area is 331 Å². The first-order valence-corrected chi connectivity index (χ1v) is 20.1. The second kappa shape index (κ2) is 12.7. The summed E-state index contributed by atoms with van der Waals surface area (Å²) in [6.45, 7) is 0. The first-order chi connectivity index (χ1) is 28.2. The molecule has 12 rings (SSSR count). The van der Waals surface area contributed by atoms with Gasteiger partial charge in [0.25, 0.3) is 0 Å². The molecular weight excluding hydrogens is 717 g/mol. The summed E-state index contributed by atoms with van der Waals surface area (Å²) in [5, 5.41) is 5.88. The van der Waals surface area contributed by atoms with Gasteiger partial charge in [0.05, 0.1) is 5.52 Å². The van der Waals surface area contributed by atoms with Crippen LogP contribution in [0.15, 0.2) is 168 Å². The van der Waals surface area contributed by atoms with Crippen molar-refractivity contribution >= 4 is 70.4 Å². The van der Waals surface area contributed by atoms with Gasteiger partial charge in [-0.3, -0.25) is 0 Å². The molecule has 0 saturated carbocycles. The molecule has 57 heavy (non-hydrogen) atoms. The molecule has 0 N–H and O–H groups in total. The lowest BCUT2D eigenvalue weighted by Gasteiger charge is -2.13. The Balaban J connectivity index is 0.982. The number of furan rings is 1. The highest BCUT2D eigenvalue weighted by atomic mass is 32.1. The maximum absolute atomic E-state index is 6.48. The summed E-state index contributed by atoms with van der Waals surface area (Å²) >= 11 is 1.86. The number of benzene rings is 7. The molecule has 5 nitrogen and oxygen atoms in total. The zero-order valence-corrected chi connectivity index (χ0v) is 31.5. The van der Waals surface area contributed by atoms with Gasteiger partial charge in [-0.1, -0.05) is 121 Å².